The molecule has 0 bridgehead atoms. The zero-order chi connectivity index (χ0) is 13.0. The summed E-state index contributed by atoms with van der Waals surface area (Å²) in [5.74, 6) is 2.03. The Kier molecular flexibility index (Phi) is 4.36. The fraction of sp³-hybridized carbons (Fsp3) is 0.692. The molecule has 1 fully saturated rings. The van der Waals surface area contributed by atoms with E-state index in [4.69, 9.17) is 4.42 Å². The van der Waals surface area contributed by atoms with Gasteiger partial charge in [-0.3, -0.25) is 4.79 Å². The molecule has 5 heteroatoms. The number of piperidine rings is 1. The smallest absolute Gasteiger partial charge is 0.237 e. The van der Waals surface area contributed by atoms with Crippen LogP contribution < -0.4 is 10.6 Å². The Morgan fingerprint density at radius 3 is 3.17 bits per heavy atom. The summed E-state index contributed by atoms with van der Waals surface area (Å²) in [5.41, 5.74) is 0. The number of aryl methyl sites for hydroxylation is 1. The molecule has 1 saturated heterocycles. The van der Waals surface area contributed by atoms with Crippen molar-refractivity contribution in [2.45, 2.75) is 45.7 Å². The maximum atomic E-state index is 12.0. The highest BCUT2D eigenvalue weighted by molar-refractivity contribution is 5.81. The first-order valence-corrected chi connectivity index (χ1v) is 6.61. The van der Waals surface area contributed by atoms with E-state index in [1.54, 1.807) is 6.20 Å². The molecular formula is C13H21N3O2. The van der Waals surface area contributed by atoms with Crippen LogP contribution in [0.15, 0.2) is 10.6 Å². The zero-order valence-corrected chi connectivity index (χ0v) is 11.0. The quantitative estimate of drug-likeness (QED) is 0.848. The third-order valence-corrected chi connectivity index (χ3v) is 3.49. The Labute approximate surface area is 107 Å². The fourth-order valence-corrected chi connectivity index (χ4v) is 2.34. The number of carbonyl (C=O) groups is 1. The van der Waals surface area contributed by atoms with Crippen LogP contribution in [0.2, 0.25) is 0 Å². The summed E-state index contributed by atoms with van der Waals surface area (Å²) < 4.78 is 5.32. The Bertz CT molecular complexity index is 403. The minimum atomic E-state index is -0.0697. The van der Waals surface area contributed by atoms with Crippen molar-refractivity contribution >= 4 is 5.91 Å². The van der Waals surface area contributed by atoms with Crippen molar-refractivity contribution in [3.63, 3.8) is 0 Å². The molecule has 1 aromatic rings. The van der Waals surface area contributed by atoms with Gasteiger partial charge in [-0.15, -0.1) is 0 Å². The Morgan fingerprint density at radius 2 is 2.50 bits per heavy atom. The molecule has 2 N–H and O–H groups in total. The number of hydrogen-bond donors (Lipinski definition) is 2. The van der Waals surface area contributed by atoms with Gasteiger partial charge in [0.15, 0.2) is 0 Å². The van der Waals surface area contributed by atoms with E-state index in [1.165, 1.54) is 6.42 Å². The molecule has 0 radical (unpaired) electrons. The Morgan fingerprint density at radius 1 is 1.67 bits per heavy atom. The fourth-order valence-electron chi connectivity index (χ4n) is 2.34. The number of rotatable bonds is 4. The van der Waals surface area contributed by atoms with E-state index in [2.05, 4.69) is 22.5 Å². The number of nitrogens with zero attached hydrogens (tertiary/aromatic N) is 1. The lowest BCUT2D eigenvalue weighted by molar-refractivity contribution is -0.124. The second-order valence-electron chi connectivity index (χ2n) is 4.89. The number of oxazole rings is 1. The summed E-state index contributed by atoms with van der Waals surface area (Å²) in [6.45, 7) is 5.31. The number of hydrogen-bond acceptors (Lipinski definition) is 4. The van der Waals surface area contributed by atoms with E-state index in [-0.39, 0.29) is 11.9 Å². The van der Waals surface area contributed by atoms with Crippen LogP contribution in [0.5, 0.6) is 0 Å². The molecule has 5 nitrogen and oxygen atoms in total. The van der Waals surface area contributed by atoms with Crippen molar-refractivity contribution in [2.75, 3.05) is 6.54 Å². The van der Waals surface area contributed by atoms with Crippen molar-refractivity contribution < 1.29 is 9.21 Å². The van der Waals surface area contributed by atoms with E-state index in [0.29, 0.717) is 18.4 Å². The predicted octanol–water partition coefficient (Wildman–Crippen LogP) is 1.38. The molecule has 1 amide bonds. The van der Waals surface area contributed by atoms with Crippen LogP contribution >= 0.6 is 0 Å². The van der Waals surface area contributed by atoms with E-state index >= 15 is 0 Å². The maximum Gasteiger partial charge on any atom is 0.237 e. The van der Waals surface area contributed by atoms with E-state index in [1.807, 2.05) is 6.92 Å². The van der Waals surface area contributed by atoms with Gasteiger partial charge >= 0.3 is 0 Å². The largest absolute Gasteiger partial charge is 0.444 e. The molecule has 0 saturated carbocycles. The molecule has 1 aliphatic heterocycles. The topological polar surface area (TPSA) is 67.2 Å². The number of amides is 1. The van der Waals surface area contributed by atoms with Crippen LogP contribution in [0.3, 0.4) is 0 Å². The summed E-state index contributed by atoms with van der Waals surface area (Å²) in [5, 5.41) is 6.13. The van der Waals surface area contributed by atoms with Crippen molar-refractivity contribution in [3.8, 4) is 0 Å². The molecule has 2 unspecified atom stereocenters. The first-order valence-electron chi connectivity index (χ1n) is 6.61. The van der Waals surface area contributed by atoms with Crippen molar-refractivity contribution in [1.82, 2.24) is 15.6 Å². The molecule has 1 aromatic heterocycles. The minimum Gasteiger partial charge on any atom is -0.444 e. The molecule has 100 valence electrons. The molecule has 18 heavy (non-hydrogen) atoms. The lowest BCUT2D eigenvalue weighted by Gasteiger charge is -2.28. The van der Waals surface area contributed by atoms with Gasteiger partial charge in [-0.05, 0) is 32.2 Å². The summed E-state index contributed by atoms with van der Waals surface area (Å²) in [7, 11) is 0. The number of aromatic nitrogens is 1. The molecule has 2 rings (SSSR count). The van der Waals surface area contributed by atoms with Gasteiger partial charge in [0, 0.05) is 0 Å². The van der Waals surface area contributed by atoms with Crippen LogP contribution in [0.1, 0.15) is 37.8 Å². The minimum absolute atomic E-state index is 0.0454. The van der Waals surface area contributed by atoms with Gasteiger partial charge < -0.3 is 15.1 Å². The van der Waals surface area contributed by atoms with Crippen LogP contribution in [-0.2, 0) is 11.3 Å². The molecule has 0 aromatic carbocycles. The van der Waals surface area contributed by atoms with Crippen LogP contribution in [0.4, 0.5) is 0 Å². The Hall–Kier alpha value is -1.36. The maximum absolute atomic E-state index is 12.0. The number of nitrogens with one attached hydrogen (secondary N) is 2. The first-order chi connectivity index (χ1) is 8.69. The highest BCUT2D eigenvalue weighted by atomic mass is 16.4. The van der Waals surface area contributed by atoms with Gasteiger partial charge in [0.2, 0.25) is 11.8 Å². The third-order valence-electron chi connectivity index (χ3n) is 3.49. The summed E-state index contributed by atoms with van der Waals surface area (Å²) in [4.78, 5) is 16.1. The second-order valence-corrected chi connectivity index (χ2v) is 4.89. The van der Waals surface area contributed by atoms with E-state index in [0.717, 1.165) is 25.1 Å². The predicted molar refractivity (Wildman–Crippen MR) is 67.9 cm³/mol. The Balaban J connectivity index is 1.80. The van der Waals surface area contributed by atoms with Gasteiger partial charge in [-0.1, -0.05) is 13.3 Å². The molecule has 2 atom stereocenters. The van der Waals surface area contributed by atoms with Gasteiger partial charge in [0.25, 0.3) is 0 Å². The zero-order valence-electron chi connectivity index (χ0n) is 11.0. The average Bonchev–Trinajstić information content (AvgIpc) is 2.82. The highest BCUT2D eigenvalue weighted by Crippen LogP contribution is 2.19. The molecule has 1 aliphatic rings. The number of carbonyl (C=O) groups excluding carboxylic acids is 1. The average molecular weight is 251 g/mol. The van der Waals surface area contributed by atoms with Gasteiger partial charge in [-0.2, -0.15) is 0 Å². The lowest BCUT2D eigenvalue weighted by atomic mass is 9.90. The first kappa shape index (κ1) is 13.1. The van der Waals surface area contributed by atoms with Crippen LogP contribution in [-0.4, -0.2) is 23.5 Å². The lowest BCUT2D eigenvalue weighted by Crippen LogP contribution is -2.48. The van der Waals surface area contributed by atoms with Crippen molar-refractivity contribution in [2.24, 2.45) is 5.92 Å². The molecule has 0 spiro atoms. The van der Waals surface area contributed by atoms with E-state index < -0.39 is 0 Å². The monoisotopic (exact) mass is 251 g/mol. The van der Waals surface area contributed by atoms with Gasteiger partial charge in [0.05, 0.1) is 18.8 Å². The third kappa shape index (κ3) is 3.32. The SMILES string of the molecule is CCC1CCNC(C(=O)NCc2ncc(C)o2)C1. The molecule has 2 heterocycles. The highest BCUT2D eigenvalue weighted by Gasteiger charge is 2.25. The van der Waals surface area contributed by atoms with Crippen LogP contribution in [0, 0.1) is 12.8 Å². The van der Waals surface area contributed by atoms with Gasteiger partial charge in [0.1, 0.15) is 5.76 Å². The summed E-state index contributed by atoms with van der Waals surface area (Å²) in [6, 6.07) is -0.0697. The molecule has 0 aliphatic carbocycles. The second kappa shape index (κ2) is 6.00. The summed E-state index contributed by atoms with van der Waals surface area (Å²) in [6.07, 6.45) is 4.89. The summed E-state index contributed by atoms with van der Waals surface area (Å²) >= 11 is 0. The standard InChI is InChI=1S/C13H21N3O2/c1-3-10-4-5-14-11(6-10)13(17)16-8-12-15-7-9(2)18-12/h7,10-11,14H,3-6,8H2,1-2H3,(H,16,17). The van der Waals surface area contributed by atoms with E-state index in [9.17, 15) is 4.79 Å². The van der Waals surface area contributed by atoms with Gasteiger partial charge in [-0.25, -0.2) is 4.98 Å². The van der Waals surface area contributed by atoms with Crippen molar-refractivity contribution in [3.05, 3.63) is 17.8 Å². The van der Waals surface area contributed by atoms with Crippen molar-refractivity contribution in [1.29, 1.82) is 0 Å². The molecular weight excluding hydrogens is 230 g/mol. The van der Waals surface area contributed by atoms with Crippen LogP contribution in [0.25, 0.3) is 0 Å². The normalized spacial score (nSPS) is 23.9.